The molecule has 22 heavy (non-hydrogen) atoms. The Hall–Kier alpha value is -1.57. The number of nitrogens with zero attached hydrogens (tertiary/aromatic N) is 2. The average molecular weight is 345 g/mol. The van der Waals surface area contributed by atoms with Crippen LogP contribution in [0.25, 0.3) is 0 Å². The zero-order chi connectivity index (χ0) is 15.4. The second kappa shape index (κ2) is 8.17. The van der Waals surface area contributed by atoms with Crippen molar-refractivity contribution in [3.8, 4) is 0 Å². The van der Waals surface area contributed by atoms with Crippen LogP contribution in [0.2, 0.25) is 0 Å². The van der Waals surface area contributed by atoms with Crippen LogP contribution in [0.4, 0.5) is 9.52 Å². The van der Waals surface area contributed by atoms with Crippen LogP contribution in [0.15, 0.2) is 24.3 Å². The van der Waals surface area contributed by atoms with E-state index in [0.29, 0.717) is 22.1 Å². The van der Waals surface area contributed by atoms with Crippen LogP contribution in [0.1, 0.15) is 24.4 Å². The third-order valence-electron chi connectivity index (χ3n) is 3.02. The number of hydrogen-bond donors (Lipinski definition) is 2. The molecular weight excluding hydrogens is 327 g/mol. The van der Waals surface area contributed by atoms with Crippen molar-refractivity contribution >= 4 is 34.8 Å². The first-order valence-electron chi connectivity index (χ1n) is 6.59. The standard InChI is InChI=1S/C14H17FN4OS.ClH/c1-8(2)12(16)13(20)17-14-19-18-11(21-14)7-9-5-3-4-6-10(9)15;/h3-6,8,12H,7,16H2,1-2H3,(H,17,19,20);1H/t12-;/m0./s1. The number of aromatic nitrogens is 2. The zero-order valence-corrected chi connectivity index (χ0v) is 13.9. The normalized spacial score (nSPS) is 11.9. The summed E-state index contributed by atoms with van der Waals surface area (Å²) in [6.45, 7) is 3.74. The van der Waals surface area contributed by atoms with E-state index in [4.69, 9.17) is 5.73 Å². The number of nitrogens with two attached hydrogens (primary N) is 1. The molecule has 0 saturated heterocycles. The second-order valence-corrected chi connectivity index (χ2v) is 6.09. The second-order valence-electron chi connectivity index (χ2n) is 5.03. The Bertz CT molecular complexity index is 635. The first-order chi connectivity index (χ1) is 9.97. The van der Waals surface area contributed by atoms with Crippen LogP contribution in [-0.2, 0) is 11.2 Å². The maximum Gasteiger partial charge on any atom is 0.243 e. The molecule has 0 aliphatic rings. The highest BCUT2D eigenvalue weighted by atomic mass is 35.5. The number of nitrogens with one attached hydrogen (secondary N) is 1. The summed E-state index contributed by atoms with van der Waals surface area (Å²) in [5.41, 5.74) is 6.30. The lowest BCUT2D eigenvalue weighted by atomic mass is 10.1. The maximum absolute atomic E-state index is 13.6. The van der Waals surface area contributed by atoms with Crippen molar-refractivity contribution in [2.45, 2.75) is 26.3 Å². The van der Waals surface area contributed by atoms with Crippen molar-refractivity contribution in [3.63, 3.8) is 0 Å². The van der Waals surface area contributed by atoms with Crippen LogP contribution >= 0.6 is 23.7 Å². The van der Waals surface area contributed by atoms with E-state index in [9.17, 15) is 9.18 Å². The molecule has 1 amide bonds. The lowest BCUT2D eigenvalue weighted by molar-refractivity contribution is -0.118. The summed E-state index contributed by atoms with van der Waals surface area (Å²) >= 11 is 1.22. The minimum absolute atomic E-state index is 0. The van der Waals surface area contributed by atoms with Gasteiger partial charge in [-0.15, -0.1) is 22.6 Å². The van der Waals surface area contributed by atoms with Crippen molar-refractivity contribution in [2.24, 2.45) is 11.7 Å². The van der Waals surface area contributed by atoms with E-state index in [2.05, 4.69) is 15.5 Å². The predicted octanol–water partition coefficient (Wildman–Crippen LogP) is 2.61. The van der Waals surface area contributed by atoms with Gasteiger partial charge in [0.1, 0.15) is 10.8 Å². The van der Waals surface area contributed by atoms with E-state index in [-0.39, 0.29) is 30.0 Å². The van der Waals surface area contributed by atoms with Gasteiger partial charge in [-0.2, -0.15) is 0 Å². The minimum atomic E-state index is -0.594. The van der Waals surface area contributed by atoms with Crippen molar-refractivity contribution < 1.29 is 9.18 Å². The monoisotopic (exact) mass is 344 g/mol. The molecule has 3 N–H and O–H groups in total. The van der Waals surface area contributed by atoms with E-state index in [0.717, 1.165) is 0 Å². The van der Waals surface area contributed by atoms with Crippen LogP contribution in [0.5, 0.6) is 0 Å². The van der Waals surface area contributed by atoms with Crippen molar-refractivity contribution in [3.05, 3.63) is 40.7 Å². The molecule has 1 heterocycles. The Balaban J connectivity index is 0.00000242. The number of rotatable bonds is 5. The fraction of sp³-hybridized carbons (Fsp3) is 0.357. The summed E-state index contributed by atoms with van der Waals surface area (Å²) in [5, 5.41) is 11.5. The molecule has 0 aliphatic carbocycles. The van der Waals surface area contributed by atoms with E-state index in [1.54, 1.807) is 18.2 Å². The summed E-state index contributed by atoms with van der Waals surface area (Å²) in [7, 11) is 0. The van der Waals surface area contributed by atoms with Gasteiger partial charge in [-0.25, -0.2) is 4.39 Å². The molecule has 120 valence electrons. The highest BCUT2D eigenvalue weighted by Gasteiger charge is 2.19. The molecule has 8 heteroatoms. The molecule has 0 aliphatic heterocycles. The highest BCUT2D eigenvalue weighted by molar-refractivity contribution is 7.15. The van der Waals surface area contributed by atoms with Crippen LogP contribution in [-0.4, -0.2) is 22.1 Å². The fourth-order valence-electron chi connectivity index (χ4n) is 1.67. The third kappa shape index (κ3) is 4.72. The Labute approximate surface area is 138 Å². The van der Waals surface area contributed by atoms with E-state index >= 15 is 0 Å². The van der Waals surface area contributed by atoms with Gasteiger partial charge in [-0.3, -0.25) is 10.1 Å². The molecule has 1 aromatic carbocycles. The topological polar surface area (TPSA) is 80.9 Å². The quantitative estimate of drug-likeness (QED) is 0.873. The minimum Gasteiger partial charge on any atom is -0.320 e. The van der Waals surface area contributed by atoms with Crippen molar-refractivity contribution in [1.82, 2.24) is 10.2 Å². The first-order valence-corrected chi connectivity index (χ1v) is 7.41. The molecule has 1 atom stereocenters. The number of benzene rings is 1. The van der Waals surface area contributed by atoms with E-state index in [1.165, 1.54) is 17.4 Å². The number of carbonyl (C=O) groups excluding carboxylic acids is 1. The van der Waals surface area contributed by atoms with Gasteiger partial charge in [0.15, 0.2) is 0 Å². The van der Waals surface area contributed by atoms with Crippen molar-refractivity contribution in [2.75, 3.05) is 5.32 Å². The van der Waals surface area contributed by atoms with Gasteiger partial charge in [0.2, 0.25) is 11.0 Å². The Kier molecular flexibility index (Phi) is 6.86. The van der Waals surface area contributed by atoms with Gasteiger partial charge in [-0.05, 0) is 17.5 Å². The molecule has 0 radical (unpaired) electrons. The molecule has 2 aromatic rings. The van der Waals surface area contributed by atoms with Gasteiger partial charge in [0, 0.05) is 6.42 Å². The molecule has 2 rings (SSSR count). The number of hydrogen-bond acceptors (Lipinski definition) is 5. The maximum atomic E-state index is 13.6. The van der Waals surface area contributed by atoms with Crippen molar-refractivity contribution in [1.29, 1.82) is 0 Å². The molecule has 0 saturated carbocycles. The fourth-order valence-corrected chi connectivity index (χ4v) is 2.44. The first kappa shape index (κ1) is 18.5. The Morgan fingerprint density at radius 2 is 2.05 bits per heavy atom. The van der Waals surface area contributed by atoms with E-state index < -0.39 is 6.04 Å². The molecule has 5 nitrogen and oxygen atoms in total. The highest BCUT2D eigenvalue weighted by Crippen LogP contribution is 2.20. The average Bonchev–Trinajstić information content (AvgIpc) is 2.87. The molecular formula is C14H18ClFN4OS. The number of carbonyl (C=O) groups is 1. The third-order valence-corrected chi connectivity index (χ3v) is 3.86. The number of anilines is 1. The summed E-state index contributed by atoms with van der Waals surface area (Å²) in [4.78, 5) is 11.8. The summed E-state index contributed by atoms with van der Waals surface area (Å²) in [6.07, 6.45) is 0.344. The van der Waals surface area contributed by atoms with Gasteiger partial charge in [0.05, 0.1) is 6.04 Å². The lowest BCUT2D eigenvalue weighted by Gasteiger charge is -2.13. The Morgan fingerprint density at radius 1 is 1.36 bits per heavy atom. The van der Waals surface area contributed by atoms with Gasteiger partial charge >= 0.3 is 0 Å². The molecule has 0 unspecified atom stereocenters. The molecule has 1 aromatic heterocycles. The van der Waals surface area contributed by atoms with Gasteiger partial charge < -0.3 is 5.73 Å². The van der Waals surface area contributed by atoms with E-state index in [1.807, 2.05) is 13.8 Å². The zero-order valence-electron chi connectivity index (χ0n) is 12.2. The summed E-state index contributed by atoms with van der Waals surface area (Å²) in [6, 6.07) is 5.91. The molecule has 0 bridgehead atoms. The Morgan fingerprint density at radius 3 is 2.68 bits per heavy atom. The number of amides is 1. The number of halogens is 2. The van der Waals surface area contributed by atoms with Crippen LogP contribution in [0, 0.1) is 11.7 Å². The molecule has 0 fully saturated rings. The van der Waals surface area contributed by atoms with Crippen LogP contribution < -0.4 is 11.1 Å². The summed E-state index contributed by atoms with van der Waals surface area (Å²) in [5.74, 6) is -0.533. The van der Waals surface area contributed by atoms with Crippen LogP contribution in [0.3, 0.4) is 0 Å². The van der Waals surface area contributed by atoms with Gasteiger partial charge in [-0.1, -0.05) is 43.4 Å². The summed E-state index contributed by atoms with van der Waals surface area (Å²) < 4.78 is 13.6. The molecule has 0 spiro atoms. The largest absolute Gasteiger partial charge is 0.320 e. The predicted molar refractivity (Wildman–Crippen MR) is 87.8 cm³/mol. The lowest BCUT2D eigenvalue weighted by Crippen LogP contribution is -2.39. The SMILES string of the molecule is CC(C)[C@H](N)C(=O)Nc1nnc(Cc2ccccc2F)s1.Cl. The van der Waals surface area contributed by atoms with Gasteiger partial charge in [0.25, 0.3) is 0 Å². The smallest absolute Gasteiger partial charge is 0.243 e.